The molecule has 5 rings (SSSR count). The minimum atomic E-state index is -0.399. The third-order valence-corrected chi connectivity index (χ3v) is 6.97. The SMILES string of the molecule is Cc1nccn1CC1CCC2C(C1=NOCc1ccc([N+](=O)[O-])cc1)c1ccccc1N2C. The van der Waals surface area contributed by atoms with Gasteiger partial charge in [-0.05, 0) is 49.1 Å². The van der Waals surface area contributed by atoms with Crippen LogP contribution in [0.3, 0.4) is 0 Å². The fourth-order valence-electron chi connectivity index (χ4n) is 5.22. The van der Waals surface area contributed by atoms with Crippen molar-refractivity contribution in [2.45, 2.75) is 44.9 Å². The zero-order chi connectivity index (χ0) is 22.9. The maximum atomic E-state index is 10.9. The molecule has 2 aromatic carbocycles. The average molecular weight is 446 g/mol. The van der Waals surface area contributed by atoms with Crippen LogP contribution in [0.15, 0.2) is 66.1 Å². The first-order chi connectivity index (χ1) is 16.0. The molecular weight excluding hydrogens is 418 g/mol. The number of aromatic nitrogens is 2. The average Bonchev–Trinajstić information content (AvgIpc) is 3.36. The summed E-state index contributed by atoms with van der Waals surface area (Å²) in [5, 5.41) is 15.6. The number of nitro groups is 1. The van der Waals surface area contributed by atoms with E-state index in [-0.39, 0.29) is 24.1 Å². The molecule has 3 unspecified atom stereocenters. The summed E-state index contributed by atoms with van der Waals surface area (Å²) in [6.45, 7) is 3.11. The number of nitro benzene ring substituents is 1. The first-order valence-corrected chi connectivity index (χ1v) is 11.3. The standard InChI is InChI=1S/C25H27N5O3/c1-17-26-13-14-29(17)15-19-9-12-23-24(21-5-3-4-6-22(21)28(23)2)25(19)27-33-16-18-7-10-20(11-8-18)30(31)32/h3-8,10-11,13-14,19,23-24H,9,12,15-16H2,1-2H3. The predicted octanol–water partition coefficient (Wildman–Crippen LogP) is 4.68. The number of likely N-dealkylation sites (N-methyl/N-ethyl adjacent to an activating group) is 1. The van der Waals surface area contributed by atoms with Crippen molar-refractivity contribution in [1.29, 1.82) is 0 Å². The molecule has 2 heterocycles. The topological polar surface area (TPSA) is 85.8 Å². The molecule has 3 atom stereocenters. The zero-order valence-electron chi connectivity index (χ0n) is 18.8. The Morgan fingerprint density at radius 3 is 2.70 bits per heavy atom. The Kier molecular flexibility index (Phi) is 5.58. The van der Waals surface area contributed by atoms with Crippen LogP contribution < -0.4 is 4.90 Å². The number of aryl methyl sites for hydroxylation is 1. The number of hydrogen-bond donors (Lipinski definition) is 0. The molecule has 0 bridgehead atoms. The number of hydrogen-bond acceptors (Lipinski definition) is 6. The summed E-state index contributed by atoms with van der Waals surface area (Å²) >= 11 is 0. The Bertz CT molecular complexity index is 1190. The van der Waals surface area contributed by atoms with Crippen LogP contribution in [-0.2, 0) is 18.0 Å². The number of fused-ring (bicyclic) bond motifs is 3. The highest BCUT2D eigenvalue weighted by Gasteiger charge is 2.45. The summed E-state index contributed by atoms with van der Waals surface area (Å²) in [4.78, 5) is 23.1. The number of oxime groups is 1. The molecule has 33 heavy (non-hydrogen) atoms. The highest BCUT2D eigenvalue weighted by Crippen LogP contribution is 2.47. The number of benzene rings is 2. The van der Waals surface area contributed by atoms with Crippen LogP contribution in [0.2, 0.25) is 0 Å². The van der Waals surface area contributed by atoms with Gasteiger partial charge in [0.25, 0.3) is 5.69 Å². The molecular formula is C25H27N5O3. The number of imidazole rings is 1. The summed E-state index contributed by atoms with van der Waals surface area (Å²) < 4.78 is 2.18. The van der Waals surface area contributed by atoms with E-state index in [1.807, 2.05) is 19.3 Å². The van der Waals surface area contributed by atoms with Gasteiger partial charge in [-0.25, -0.2) is 4.98 Å². The largest absolute Gasteiger partial charge is 0.391 e. The zero-order valence-corrected chi connectivity index (χ0v) is 18.8. The molecule has 1 aromatic heterocycles. The molecule has 1 fully saturated rings. The van der Waals surface area contributed by atoms with Crippen molar-refractivity contribution in [2.24, 2.45) is 11.1 Å². The Hall–Kier alpha value is -3.68. The predicted molar refractivity (Wildman–Crippen MR) is 126 cm³/mol. The molecule has 3 aromatic rings. The summed E-state index contributed by atoms with van der Waals surface area (Å²) in [7, 11) is 2.17. The van der Waals surface area contributed by atoms with Gasteiger partial charge in [0.05, 0.1) is 10.6 Å². The van der Waals surface area contributed by atoms with Gasteiger partial charge in [-0.3, -0.25) is 10.1 Å². The van der Waals surface area contributed by atoms with Crippen molar-refractivity contribution in [3.05, 3.63) is 88.0 Å². The molecule has 0 radical (unpaired) electrons. The van der Waals surface area contributed by atoms with Gasteiger partial charge in [0.15, 0.2) is 0 Å². The molecule has 0 N–H and O–H groups in total. The lowest BCUT2D eigenvalue weighted by Crippen LogP contribution is -2.42. The van der Waals surface area contributed by atoms with Gasteiger partial charge in [0, 0.05) is 61.7 Å². The van der Waals surface area contributed by atoms with E-state index in [0.717, 1.165) is 36.5 Å². The Labute approximate surface area is 192 Å². The molecule has 8 heteroatoms. The maximum absolute atomic E-state index is 10.9. The monoisotopic (exact) mass is 445 g/mol. The Morgan fingerprint density at radius 1 is 1.18 bits per heavy atom. The van der Waals surface area contributed by atoms with Crippen LogP contribution in [0, 0.1) is 23.0 Å². The third-order valence-electron chi connectivity index (χ3n) is 6.97. The van der Waals surface area contributed by atoms with Gasteiger partial charge in [-0.1, -0.05) is 23.4 Å². The lowest BCUT2D eigenvalue weighted by atomic mass is 9.74. The normalized spacial score (nSPS) is 22.8. The minimum Gasteiger partial charge on any atom is -0.391 e. The summed E-state index contributed by atoms with van der Waals surface area (Å²) in [6, 6.07) is 15.3. The van der Waals surface area contributed by atoms with Gasteiger partial charge < -0.3 is 14.3 Å². The highest BCUT2D eigenvalue weighted by molar-refractivity contribution is 5.97. The van der Waals surface area contributed by atoms with Crippen molar-refractivity contribution in [1.82, 2.24) is 9.55 Å². The molecule has 1 aliphatic carbocycles. The fraction of sp³-hybridized carbons (Fsp3) is 0.360. The summed E-state index contributed by atoms with van der Waals surface area (Å²) in [5.41, 5.74) is 4.55. The van der Waals surface area contributed by atoms with Crippen molar-refractivity contribution in [3.8, 4) is 0 Å². The van der Waals surface area contributed by atoms with Gasteiger partial charge >= 0.3 is 0 Å². The van der Waals surface area contributed by atoms with Crippen molar-refractivity contribution in [2.75, 3.05) is 11.9 Å². The van der Waals surface area contributed by atoms with Crippen molar-refractivity contribution >= 4 is 17.1 Å². The van der Waals surface area contributed by atoms with E-state index < -0.39 is 4.92 Å². The van der Waals surface area contributed by atoms with Crippen molar-refractivity contribution < 1.29 is 9.76 Å². The Balaban J connectivity index is 1.43. The van der Waals surface area contributed by atoms with E-state index in [1.165, 1.54) is 23.4 Å². The number of nitrogens with zero attached hydrogens (tertiary/aromatic N) is 5. The molecule has 8 nitrogen and oxygen atoms in total. The van der Waals surface area contributed by atoms with Crippen LogP contribution in [0.5, 0.6) is 0 Å². The van der Waals surface area contributed by atoms with Crippen LogP contribution in [0.4, 0.5) is 11.4 Å². The number of para-hydroxylation sites is 1. The van der Waals surface area contributed by atoms with Crippen LogP contribution >= 0.6 is 0 Å². The minimum absolute atomic E-state index is 0.0709. The second-order valence-electron chi connectivity index (χ2n) is 8.83. The fourth-order valence-corrected chi connectivity index (χ4v) is 5.22. The Morgan fingerprint density at radius 2 is 1.97 bits per heavy atom. The molecule has 0 saturated heterocycles. The van der Waals surface area contributed by atoms with E-state index >= 15 is 0 Å². The van der Waals surface area contributed by atoms with Gasteiger partial charge in [-0.15, -0.1) is 0 Å². The number of rotatable bonds is 6. The summed E-state index contributed by atoms with van der Waals surface area (Å²) in [6.07, 6.45) is 5.97. The van der Waals surface area contributed by atoms with E-state index in [2.05, 4.69) is 45.8 Å². The van der Waals surface area contributed by atoms with Crippen LogP contribution in [0.25, 0.3) is 0 Å². The molecule has 0 spiro atoms. The van der Waals surface area contributed by atoms with E-state index in [9.17, 15) is 10.1 Å². The second-order valence-corrected chi connectivity index (χ2v) is 8.83. The number of anilines is 1. The number of non-ortho nitro benzene ring substituents is 1. The van der Waals surface area contributed by atoms with E-state index in [4.69, 9.17) is 9.99 Å². The lowest BCUT2D eigenvalue weighted by molar-refractivity contribution is -0.384. The molecule has 170 valence electrons. The van der Waals surface area contributed by atoms with Gasteiger partial charge in [0.2, 0.25) is 0 Å². The van der Waals surface area contributed by atoms with Gasteiger partial charge in [-0.2, -0.15) is 0 Å². The van der Waals surface area contributed by atoms with E-state index in [0.29, 0.717) is 6.04 Å². The third kappa shape index (κ3) is 3.97. The van der Waals surface area contributed by atoms with Crippen LogP contribution in [-0.4, -0.2) is 33.3 Å². The van der Waals surface area contributed by atoms with Crippen LogP contribution in [0.1, 0.15) is 35.7 Å². The highest BCUT2D eigenvalue weighted by atomic mass is 16.6. The molecule has 2 aliphatic rings. The molecule has 1 aliphatic heterocycles. The quantitative estimate of drug-likeness (QED) is 0.406. The van der Waals surface area contributed by atoms with Gasteiger partial charge in [0.1, 0.15) is 12.4 Å². The lowest BCUT2D eigenvalue weighted by Gasteiger charge is -2.36. The molecule has 0 amide bonds. The smallest absolute Gasteiger partial charge is 0.269 e. The maximum Gasteiger partial charge on any atom is 0.269 e. The summed E-state index contributed by atoms with van der Waals surface area (Å²) in [5.74, 6) is 1.42. The van der Waals surface area contributed by atoms with Crippen molar-refractivity contribution in [3.63, 3.8) is 0 Å². The second kappa shape index (κ2) is 8.69. The molecule has 1 saturated carbocycles. The first-order valence-electron chi connectivity index (χ1n) is 11.3. The first kappa shape index (κ1) is 21.2. The van der Waals surface area contributed by atoms with E-state index in [1.54, 1.807) is 12.1 Å².